The van der Waals surface area contributed by atoms with Gasteiger partial charge in [-0.2, -0.15) is 0 Å². The fourth-order valence-electron chi connectivity index (χ4n) is 11.4. The molecule has 32 heteroatoms. The third-order valence-electron chi connectivity index (χ3n) is 15.9. The molecule has 13 unspecified atom stereocenters. The number of carbonyl (C=O) groups excluding carboxylic acids is 5. The molecule has 5 fully saturated rings. The van der Waals surface area contributed by atoms with Gasteiger partial charge in [0, 0.05) is 33.3 Å². The van der Waals surface area contributed by atoms with Gasteiger partial charge in [0.2, 0.25) is 23.6 Å². The standard InChI is InChI=1S/C56H91N5O27/c1-6-7-8-9-10-11-12-13-14-18-79-30-17-15-16-29(19-30)51(77)61-37-42(72)41(71)31(20-62)81-53(37)86-48-33(22-64)83-55(39(44(48)74)59-27(4)69)88-50-35(24-66)84-56(40(46(50)76)60-28(5)70)87-49-34(23-65)82-54(38(45(49)75)58-26(3)68)85-47-32(21-63)80-52(78)36(43(47)73)57-25(2)67/h15-17,19,31-50,52-56,62-66,71-76,78H,6-14,18,20-24H2,1-5H3,(H,57,67)(H,58,68)(H,59,69)(H,60,70)(H,61,77)/t31?,32?,33-,34-,35?,36-,37?,38?,39?,40-,41+,42+,43+,44?,45?,46+,47?,48+,49+,50?,52?,53-,54?,55?,56-/m0/s1. The first kappa shape index (κ1) is 72.6. The second-order valence-corrected chi connectivity index (χ2v) is 22.6. The van der Waals surface area contributed by atoms with Crippen LogP contribution in [0.25, 0.3) is 0 Å². The van der Waals surface area contributed by atoms with E-state index in [1.807, 2.05) is 0 Å². The predicted octanol–water partition coefficient (Wildman–Crippen LogP) is -6.00. The molecule has 1 aromatic rings. The monoisotopic (exact) mass is 1270 g/mol. The van der Waals surface area contributed by atoms with E-state index in [0.717, 1.165) is 53.4 Å². The molecule has 0 radical (unpaired) electrons. The van der Waals surface area contributed by atoms with Crippen LogP contribution in [-0.2, 0) is 61.8 Å². The highest BCUT2D eigenvalue weighted by Crippen LogP contribution is 2.36. The molecule has 5 amide bonds. The lowest BCUT2D eigenvalue weighted by Gasteiger charge is -2.51. The Labute approximate surface area is 508 Å². The van der Waals surface area contributed by atoms with Crippen molar-refractivity contribution in [1.29, 1.82) is 0 Å². The van der Waals surface area contributed by atoms with Gasteiger partial charge in [-0.3, -0.25) is 24.0 Å². The lowest BCUT2D eigenvalue weighted by molar-refractivity contribution is -0.367. The Morgan fingerprint density at radius 1 is 0.420 bits per heavy atom. The van der Waals surface area contributed by atoms with Gasteiger partial charge in [-0.15, -0.1) is 0 Å². The summed E-state index contributed by atoms with van der Waals surface area (Å²) in [6.45, 7) is 2.10. The fraction of sp³-hybridized carbons (Fsp3) is 0.804. The second kappa shape index (κ2) is 34.8. The van der Waals surface area contributed by atoms with Crippen LogP contribution in [0.4, 0.5) is 0 Å². The molecular formula is C56H91N5O27. The van der Waals surface area contributed by atoms with E-state index in [9.17, 15) is 85.3 Å². The Morgan fingerprint density at radius 2 is 0.761 bits per heavy atom. The van der Waals surface area contributed by atoms with Crippen LogP contribution in [0, 0.1) is 0 Å². The summed E-state index contributed by atoms with van der Waals surface area (Å²) in [5.74, 6) is -3.50. The molecule has 17 N–H and O–H groups in total. The quantitative estimate of drug-likeness (QED) is 0.0319. The van der Waals surface area contributed by atoms with Crippen LogP contribution < -0.4 is 31.3 Å². The number of nitrogens with one attached hydrogen (secondary N) is 5. The van der Waals surface area contributed by atoms with E-state index in [2.05, 4.69) is 33.5 Å². The summed E-state index contributed by atoms with van der Waals surface area (Å²) in [5.41, 5.74) is 0.0716. The summed E-state index contributed by atoms with van der Waals surface area (Å²) < 4.78 is 59.9. The van der Waals surface area contributed by atoms with Crippen LogP contribution in [0.5, 0.6) is 5.75 Å². The number of rotatable bonds is 30. The van der Waals surface area contributed by atoms with Crippen molar-refractivity contribution in [2.75, 3.05) is 39.6 Å². The van der Waals surface area contributed by atoms with E-state index < -0.39 is 216 Å². The molecule has 5 aliphatic rings. The maximum atomic E-state index is 13.9. The highest BCUT2D eigenvalue weighted by atomic mass is 16.8. The lowest BCUT2D eigenvalue weighted by Crippen LogP contribution is -2.72. The minimum absolute atomic E-state index is 0.0716. The molecule has 88 heavy (non-hydrogen) atoms. The van der Waals surface area contributed by atoms with Crippen molar-refractivity contribution >= 4 is 29.5 Å². The van der Waals surface area contributed by atoms with Gasteiger partial charge in [-0.1, -0.05) is 64.4 Å². The number of hydrogen-bond donors (Lipinski definition) is 17. The average Bonchev–Trinajstić information content (AvgIpc) is 1.44. The largest absolute Gasteiger partial charge is 0.494 e. The minimum atomic E-state index is -2.03. The third-order valence-corrected chi connectivity index (χ3v) is 15.9. The van der Waals surface area contributed by atoms with Crippen LogP contribution in [0.1, 0.15) is 103 Å². The van der Waals surface area contributed by atoms with Crippen LogP contribution in [0.2, 0.25) is 0 Å². The van der Waals surface area contributed by atoms with Crippen molar-refractivity contribution < 1.29 is 133 Å². The second-order valence-electron chi connectivity index (χ2n) is 22.6. The molecule has 5 aliphatic heterocycles. The van der Waals surface area contributed by atoms with Gasteiger partial charge in [0.1, 0.15) is 128 Å². The molecule has 1 aromatic carbocycles. The molecule has 25 atom stereocenters. The molecule has 0 spiro atoms. The zero-order chi connectivity index (χ0) is 64.5. The zero-order valence-electron chi connectivity index (χ0n) is 49.8. The van der Waals surface area contributed by atoms with Crippen LogP contribution in [0.15, 0.2) is 24.3 Å². The van der Waals surface area contributed by atoms with Gasteiger partial charge in [0.15, 0.2) is 31.5 Å². The lowest BCUT2D eigenvalue weighted by atomic mass is 9.93. The first-order chi connectivity index (χ1) is 42.0. The van der Waals surface area contributed by atoms with Crippen molar-refractivity contribution in [2.45, 2.75) is 246 Å². The summed E-state index contributed by atoms with van der Waals surface area (Å²) in [4.78, 5) is 64.1. The molecule has 502 valence electrons. The van der Waals surface area contributed by atoms with Gasteiger partial charge in [-0.05, 0) is 24.6 Å². The molecule has 5 heterocycles. The third kappa shape index (κ3) is 18.8. The Kier molecular flexibility index (Phi) is 28.7. The number of aliphatic hydroxyl groups excluding tert-OH is 12. The maximum Gasteiger partial charge on any atom is 0.251 e. The van der Waals surface area contributed by atoms with Gasteiger partial charge in [0.05, 0.1) is 39.6 Å². The topological polar surface area (TPSA) is 481 Å². The molecule has 0 saturated carbocycles. The minimum Gasteiger partial charge on any atom is -0.494 e. The molecule has 0 aromatic heterocycles. The van der Waals surface area contributed by atoms with Crippen LogP contribution in [0.3, 0.4) is 0 Å². The van der Waals surface area contributed by atoms with Gasteiger partial charge in [-0.25, -0.2) is 0 Å². The molecule has 6 rings (SSSR count). The SMILES string of the molecule is CCCCCCCCCCCOc1cccc(C(=O)NC2[C@H](O[C@H]3C(O)C(NC(C)=O)C(OC4C(CO)O[C@@H](O[C@H]5C(O)C(NC(C)=O)C(OC6C(CO)OC(O)[C@@H](NC(C)=O)[C@H]6O)O[C@H]5CO)[C@@H](NC(C)=O)[C@H]4O)O[C@H]3CO)OC(CO)[C@@H](O)[C@@H]2O)c1. The van der Waals surface area contributed by atoms with Crippen molar-refractivity contribution in [1.82, 2.24) is 26.6 Å². The summed E-state index contributed by atoms with van der Waals surface area (Å²) in [7, 11) is 0. The van der Waals surface area contributed by atoms with Gasteiger partial charge < -0.3 is 135 Å². The molecule has 0 bridgehead atoms. The molecule has 5 saturated heterocycles. The Balaban J connectivity index is 1.18. The maximum absolute atomic E-state index is 13.9. The average molecular weight is 1270 g/mol. The fourth-order valence-corrected chi connectivity index (χ4v) is 11.4. The van der Waals surface area contributed by atoms with Crippen molar-refractivity contribution in [3.63, 3.8) is 0 Å². The van der Waals surface area contributed by atoms with E-state index >= 15 is 0 Å². The molecule has 0 aliphatic carbocycles. The van der Waals surface area contributed by atoms with E-state index in [-0.39, 0.29) is 5.56 Å². The molecular weight excluding hydrogens is 1170 g/mol. The highest BCUT2D eigenvalue weighted by Gasteiger charge is 2.58. The summed E-state index contributed by atoms with van der Waals surface area (Å²) in [6, 6.07) is -2.10. The Hall–Kier alpha value is -4.47. The summed E-state index contributed by atoms with van der Waals surface area (Å²) >= 11 is 0. The van der Waals surface area contributed by atoms with Gasteiger partial charge in [0.25, 0.3) is 5.91 Å². The number of benzene rings is 1. The van der Waals surface area contributed by atoms with Crippen molar-refractivity contribution in [2.24, 2.45) is 0 Å². The van der Waals surface area contributed by atoms with E-state index in [1.165, 1.54) is 44.2 Å². The van der Waals surface area contributed by atoms with E-state index in [0.29, 0.717) is 12.4 Å². The number of aliphatic hydroxyl groups is 12. The summed E-state index contributed by atoms with van der Waals surface area (Å²) in [6.07, 6.45) is -25.8. The Morgan fingerprint density at radius 3 is 1.15 bits per heavy atom. The van der Waals surface area contributed by atoms with Crippen LogP contribution >= 0.6 is 0 Å². The number of unbranched alkanes of at least 4 members (excludes halogenated alkanes) is 8. The first-order valence-corrected chi connectivity index (χ1v) is 29.8. The van der Waals surface area contributed by atoms with Crippen molar-refractivity contribution in [3.8, 4) is 5.75 Å². The predicted molar refractivity (Wildman–Crippen MR) is 297 cm³/mol. The molecule has 32 nitrogen and oxygen atoms in total. The van der Waals surface area contributed by atoms with Gasteiger partial charge >= 0.3 is 0 Å². The van der Waals surface area contributed by atoms with E-state index in [4.69, 9.17) is 47.4 Å². The smallest absolute Gasteiger partial charge is 0.251 e. The van der Waals surface area contributed by atoms with E-state index in [1.54, 1.807) is 12.1 Å². The summed E-state index contributed by atoms with van der Waals surface area (Å²) in [5, 5.41) is 145. The van der Waals surface area contributed by atoms with Crippen molar-refractivity contribution in [3.05, 3.63) is 29.8 Å². The first-order valence-electron chi connectivity index (χ1n) is 29.8. The number of ether oxygens (including phenoxy) is 10. The zero-order valence-corrected chi connectivity index (χ0v) is 49.8. The number of amides is 5. The Bertz CT molecular complexity index is 2350. The number of carbonyl (C=O) groups is 5. The normalized spacial score (nSPS) is 37.7. The highest BCUT2D eigenvalue weighted by molar-refractivity contribution is 5.94. The van der Waals surface area contributed by atoms with Crippen LogP contribution in [-0.4, -0.2) is 284 Å². The number of hydrogen-bond acceptors (Lipinski definition) is 27.